The van der Waals surface area contributed by atoms with Crippen LogP contribution in [0.4, 0.5) is 0 Å². The number of fused-ring (bicyclic) bond motifs is 1. The molecule has 0 fully saturated rings. The number of benzene rings is 2. The predicted octanol–water partition coefficient (Wildman–Crippen LogP) is 3.34. The smallest absolute Gasteiger partial charge is 0.236 e. The van der Waals surface area contributed by atoms with E-state index in [0.29, 0.717) is 16.6 Å². The van der Waals surface area contributed by atoms with Crippen molar-refractivity contribution in [2.45, 2.75) is 11.8 Å². The molecule has 0 aliphatic heterocycles. The Morgan fingerprint density at radius 2 is 1.90 bits per heavy atom. The molecule has 3 aromatic rings. The zero-order valence-corrected chi connectivity index (χ0v) is 13.0. The van der Waals surface area contributed by atoms with Crippen molar-refractivity contribution >= 4 is 37.0 Å². The summed E-state index contributed by atoms with van der Waals surface area (Å²) in [6.45, 7) is 1.77. The molecule has 0 spiro atoms. The minimum Gasteiger partial charge on any atom is -0.236 e. The summed E-state index contributed by atoms with van der Waals surface area (Å²) in [5.41, 5.74) is 1.93. The summed E-state index contributed by atoms with van der Waals surface area (Å²) in [5.74, 6) is 0. The quantitative estimate of drug-likeness (QED) is 0.712. The van der Waals surface area contributed by atoms with Crippen LogP contribution in [0.1, 0.15) is 5.56 Å². The van der Waals surface area contributed by atoms with Crippen LogP contribution in [-0.2, 0) is 10.0 Å². The molecule has 4 nitrogen and oxygen atoms in total. The lowest BCUT2D eigenvalue weighted by Gasteiger charge is -2.09. The highest BCUT2D eigenvalue weighted by Crippen LogP contribution is 2.24. The molecule has 0 aliphatic carbocycles. The van der Waals surface area contributed by atoms with Gasteiger partial charge in [0.05, 0.1) is 15.9 Å². The average molecular weight is 351 g/mol. The van der Waals surface area contributed by atoms with Crippen LogP contribution in [0.3, 0.4) is 0 Å². The molecule has 0 saturated heterocycles. The lowest BCUT2D eigenvalue weighted by molar-refractivity contribution is 0.588. The van der Waals surface area contributed by atoms with Gasteiger partial charge in [0.25, 0.3) is 10.0 Å². The average Bonchev–Trinajstić information content (AvgIpc) is 2.82. The van der Waals surface area contributed by atoms with Crippen molar-refractivity contribution in [2.24, 2.45) is 0 Å². The number of nitrogens with zero attached hydrogens (tertiary/aromatic N) is 2. The van der Waals surface area contributed by atoms with Crippen LogP contribution >= 0.6 is 15.9 Å². The number of rotatable bonds is 2. The minimum absolute atomic E-state index is 0.281. The molecule has 0 amide bonds. The Kier molecular flexibility index (Phi) is 3.14. The molecule has 20 heavy (non-hydrogen) atoms. The maximum atomic E-state index is 12.7. The summed E-state index contributed by atoms with van der Waals surface area (Å²) in [6, 6.07) is 12.3. The summed E-state index contributed by atoms with van der Waals surface area (Å²) in [6.07, 6.45) is 1.35. The zero-order valence-electron chi connectivity index (χ0n) is 10.6. The lowest BCUT2D eigenvalue weighted by Crippen LogP contribution is -2.13. The Hall–Kier alpha value is -1.66. The number of aromatic nitrogens is 2. The standard InChI is InChI=1S/C14H11BrN2O2S/c1-10-8-11(15)6-7-14(10)20(18,19)17-9-16-12-4-2-3-5-13(12)17/h2-9H,1H3. The third-order valence-electron chi connectivity index (χ3n) is 3.09. The predicted molar refractivity (Wildman–Crippen MR) is 81.2 cm³/mol. The van der Waals surface area contributed by atoms with E-state index in [9.17, 15) is 8.42 Å². The van der Waals surface area contributed by atoms with E-state index in [-0.39, 0.29) is 4.90 Å². The monoisotopic (exact) mass is 350 g/mol. The molecule has 0 bridgehead atoms. The van der Waals surface area contributed by atoms with Gasteiger partial charge in [-0.15, -0.1) is 0 Å². The van der Waals surface area contributed by atoms with Crippen molar-refractivity contribution in [3.8, 4) is 0 Å². The van der Waals surface area contributed by atoms with E-state index in [2.05, 4.69) is 20.9 Å². The first-order valence-corrected chi connectivity index (χ1v) is 8.17. The molecular formula is C14H11BrN2O2S. The fourth-order valence-electron chi connectivity index (χ4n) is 2.14. The summed E-state index contributed by atoms with van der Waals surface area (Å²) in [4.78, 5) is 4.41. The van der Waals surface area contributed by atoms with Crippen molar-refractivity contribution in [3.05, 3.63) is 58.8 Å². The largest absolute Gasteiger partial charge is 0.269 e. The summed E-state index contributed by atoms with van der Waals surface area (Å²) in [7, 11) is -3.64. The Bertz CT molecular complexity index is 900. The molecule has 1 heterocycles. The van der Waals surface area contributed by atoms with Crippen LogP contribution in [0.25, 0.3) is 11.0 Å². The Morgan fingerprint density at radius 3 is 2.65 bits per heavy atom. The molecule has 102 valence electrons. The minimum atomic E-state index is -3.64. The van der Waals surface area contributed by atoms with Gasteiger partial charge in [-0.2, -0.15) is 0 Å². The lowest BCUT2D eigenvalue weighted by atomic mass is 10.2. The number of hydrogen-bond acceptors (Lipinski definition) is 3. The first kappa shape index (κ1) is 13.3. The van der Waals surface area contributed by atoms with Gasteiger partial charge >= 0.3 is 0 Å². The van der Waals surface area contributed by atoms with E-state index in [1.165, 1.54) is 10.3 Å². The molecule has 1 aromatic heterocycles. The first-order valence-electron chi connectivity index (χ1n) is 5.94. The van der Waals surface area contributed by atoms with Crippen molar-refractivity contribution in [1.29, 1.82) is 0 Å². The van der Waals surface area contributed by atoms with Crippen LogP contribution in [0.2, 0.25) is 0 Å². The molecule has 0 saturated carbocycles. The SMILES string of the molecule is Cc1cc(Br)ccc1S(=O)(=O)n1cnc2ccccc21. The second-order valence-corrected chi connectivity index (χ2v) is 7.14. The fraction of sp³-hybridized carbons (Fsp3) is 0.0714. The van der Waals surface area contributed by atoms with Crippen LogP contribution in [0.15, 0.2) is 58.2 Å². The highest BCUT2D eigenvalue weighted by Gasteiger charge is 2.21. The maximum Gasteiger partial charge on any atom is 0.269 e. The van der Waals surface area contributed by atoms with E-state index in [1.807, 2.05) is 6.07 Å². The van der Waals surface area contributed by atoms with Crippen LogP contribution in [-0.4, -0.2) is 17.4 Å². The molecular weight excluding hydrogens is 340 g/mol. The fourth-order valence-corrected chi connectivity index (χ4v) is 4.11. The van der Waals surface area contributed by atoms with Crippen molar-refractivity contribution in [2.75, 3.05) is 0 Å². The molecule has 6 heteroatoms. The number of para-hydroxylation sites is 2. The second-order valence-electron chi connectivity index (χ2n) is 4.44. The molecule has 0 N–H and O–H groups in total. The topological polar surface area (TPSA) is 52.0 Å². The highest BCUT2D eigenvalue weighted by molar-refractivity contribution is 9.10. The molecule has 0 unspecified atom stereocenters. The number of aryl methyl sites for hydroxylation is 1. The molecule has 2 aromatic carbocycles. The number of imidazole rings is 1. The van der Waals surface area contributed by atoms with Gasteiger partial charge in [-0.25, -0.2) is 17.4 Å². The van der Waals surface area contributed by atoms with Gasteiger partial charge in [-0.05, 0) is 42.8 Å². The van der Waals surface area contributed by atoms with Crippen LogP contribution in [0, 0.1) is 6.92 Å². The van der Waals surface area contributed by atoms with Gasteiger partial charge in [0.15, 0.2) is 0 Å². The van der Waals surface area contributed by atoms with Crippen molar-refractivity contribution < 1.29 is 8.42 Å². The van der Waals surface area contributed by atoms with Gasteiger partial charge in [-0.3, -0.25) is 0 Å². The summed E-state index contributed by atoms with van der Waals surface area (Å²) in [5, 5.41) is 0. The number of hydrogen-bond donors (Lipinski definition) is 0. The summed E-state index contributed by atoms with van der Waals surface area (Å²) < 4.78 is 27.6. The van der Waals surface area contributed by atoms with Gasteiger partial charge in [0.2, 0.25) is 0 Å². The van der Waals surface area contributed by atoms with E-state index in [4.69, 9.17) is 0 Å². The third-order valence-corrected chi connectivity index (χ3v) is 5.41. The van der Waals surface area contributed by atoms with E-state index in [1.54, 1.807) is 43.3 Å². The maximum absolute atomic E-state index is 12.7. The molecule has 0 radical (unpaired) electrons. The number of halogens is 1. The van der Waals surface area contributed by atoms with Crippen molar-refractivity contribution in [1.82, 2.24) is 8.96 Å². The summed E-state index contributed by atoms with van der Waals surface area (Å²) >= 11 is 3.34. The van der Waals surface area contributed by atoms with Crippen LogP contribution < -0.4 is 0 Å². The Balaban J connectivity index is 2.26. The van der Waals surface area contributed by atoms with Crippen LogP contribution in [0.5, 0.6) is 0 Å². The zero-order chi connectivity index (χ0) is 14.3. The second kappa shape index (κ2) is 4.71. The molecule has 0 aliphatic rings. The molecule has 3 rings (SSSR count). The molecule has 0 atom stereocenters. The van der Waals surface area contributed by atoms with E-state index >= 15 is 0 Å². The van der Waals surface area contributed by atoms with Gasteiger partial charge in [0, 0.05) is 4.47 Å². The van der Waals surface area contributed by atoms with Gasteiger partial charge in [0.1, 0.15) is 6.33 Å². The van der Waals surface area contributed by atoms with E-state index in [0.717, 1.165) is 4.47 Å². The van der Waals surface area contributed by atoms with Gasteiger partial charge < -0.3 is 0 Å². The van der Waals surface area contributed by atoms with E-state index < -0.39 is 10.0 Å². The third kappa shape index (κ3) is 2.05. The Morgan fingerprint density at radius 1 is 1.15 bits per heavy atom. The van der Waals surface area contributed by atoms with Gasteiger partial charge in [-0.1, -0.05) is 28.1 Å². The Labute approximate surface area is 125 Å². The van der Waals surface area contributed by atoms with Crippen molar-refractivity contribution in [3.63, 3.8) is 0 Å². The normalized spacial score (nSPS) is 11.9. The highest BCUT2D eigenvalue weighted by atomic mass is 79.9. The first-order chi connectivity index (χ1) is 9.50.